The van der Waals surface area contributed by atoms with Gasteiger partial charge in [-0.3, -0.25) is 9.88 Å². The van der Waals surface area contributed by atoms with Gasteiger partial charge in [-0.15, -0.1) is 0 Å². The van der Waals surface area contributed by atoms with Crippen LogP contribution in [-0.4, -0.2) is 57.0 Å². The lowest BCUT2D eigenvalue weighted by molar-refractivity contribution is -0.0566. The van der Waals surface area contributed by atoms with Gasteiger partial charge in [0.2, 0.25) is 0 Å². The van der Waals surface area contributed by atoms with E-state index in [1.165, 1.54) is 19.4 Å². The van der Waals surface area contributed by atoms with E-state index in [1.54, 1.807) is 13.0 Å². The quantitative estimate of drug-likeness (QED) is 0.670. The van der Waals surface area contributed by atoms with Crippen LogP contribution in [0.3, 0.4) is 0 Å². The van der Waals surface area contributed by atoms with Crippen LogP contribution in [0.15, 0.2) is 28.4 Å². The molecular weight excluding hydrogens is 397 g/mol. The van der Waals surface area contributed by atoms with Crippen molar-refractivity contribution in [3.63, 3.8) is 0 Å². The first kappa shape index (κ1) is 19.9. The van der Waals surface area contributed by atoms with E-state index in [0.29, 0.717) is 22.3 Å². The number of carboxylic acid groups (broad SMARTS) is 1. The Kier molecular flexibility index (Phi) is 4.93. The number of hydrogen-bond acceptors (Lipinski definition) is 6. The third-order valence-corrected chi connectivity index (χ3v) is 4.75. The van der Waals surface area contributed by atoms with E-state index in [4.69, 9.17) is 18.0 Å². The van der Waals surface area contributed by atoms with Gasteiger partial charge in [0.1, 0.15) is 12.0 Å². The first-order chi connectivity index (χ1) is 13.0. The molecule has 0 saturated carbocycles. The number of thiocarbonyl (C=S) groups is 1. The summed E-state index contributed by atoms with van der Waals surface area (Å²) in [6.07, 6.45) is -4.27. The highest BCUT2D eigenvalue weighted by molar-refractivity contribution is 7.82. The van der Waals surface area contributed by atoms with Gasteiger partial charge in [0.15, 0.2) is 5.71 Å². The van der Waals surface area contributed by atoms with Gasteiger partial charge in [-0.25, -0.2) is 14.8 Å². The van der Waals surface area contributed by atoms with Crippen LogP contribution in [0.2, 0.25) is 0 Å². The number of anilines is 1. The second-order valence-electron chi connectivity index (χ2n) is 6.15. The molecule has 148 valence electrons. The van der Waals surface area contributed by atoms with Gasteiger partial charge in [-0.05, 0) is 13.0 Å². The van der Waals surface area contributed by atoms with Gasteiger partial charge < -0.3 is 15.8 Å². The summed E-state index contributed by atoms with van der Waals surface area (Å²) in [7, 11) is 1.37. The number of H-pyrrole nitrogens is 1. The molecule has 0 spiro atoms. The number of nitrogens with one attached hydrogen (secondary N) is 1. The predicted octanol–water partition coefficient (Wildman–Crippen LogP) is 2.85. The van der Waals surface area contributed by atoms with E-state index in [2.05, 4.69) is 20.0 Å². The van der Waals surface area contributed by atoms with Crippen LogP contribution < -0.4 is 10.6 Å². The molecule has 0 radical (unpaired) electrons. The lowest BCUT2D eigenvalue weighted by Gasteiger charge is -2.22. The standard InChI is InChI=1S/C16H15F3N6O2S/c1-6(14-23-12(16(17,18)19)11(28)13(20)24-14)8-3-7-9(4-21-8)22-5-10(7)25(2)15(26)27/h3-6,13,22H,20H2,1-2H3,(H,26,27). The van der Waals surface area contributed by atoms with E-state index < -0.39 is 34.9 Å². The van der Waals surface area contributed by atoms with E-state index in [9.17, 15) is 23.1 Å². The van der Waals surface area contributed by atoms with Gasteiger partial charge >= 0.3 is 12.3 Å². The molecule has 1 amide bonds. The molecule has 0 aliphatic carbocycles. The number of rotatable bonds is 3. The molecule has 0 fully saturated rings. The zero-order valence-electron chi connectivity index (χ0n) is 14.7. The van der Waals surface area contributed by atoms with E-state index in [0.717, 1.165) is 4.90 Å². The molecule has 28 heavy (non-hydrogen) atoms. The maximum atomic E-state index is 13.2. The summed E-state index contributed by atoms with van der Waals surface area (Å²) in [5.74, 6) is -0.877. The molecule has 8 nitrogen and oxygen atoms in total. The number of amides is 1. The smallest absolute Gasteiger partial charge is 0.434 e. The fraction of sp³-hybridized carbons (Fsp3) is 0.312. The molecule has 0 aromatic carbocycles. The van der Waals surface area contributed by atoms with Crippen molar-refractivity contribution in [3.05, 3.63) is 24.2 Å². The van der Waals surface area contributed by atoms with Crippen LogP contribution in [-0.2, 0) is 0 Å². The molecule has 3 heterocycles. The van der Waals surface area contributed by atoms with Crippen molar-refractivity contribution in [1.82, 2.24) is 9.97 Å². The van der Waals surface area contributed by atoms with Crippen LogP contribution in [0.25, 0.3) is 10.9 Å². The average molecular weight is 412 g/mol. The molecule has 2 aromatic heterocycles. The van der Waals surface area contributed by atoms with Gasteiger partial charge in [-0.2, -0.15) is 13.2 Å². The Hall–Kier alpha value is -2.86. The summed E-state index contributed by atoms with van der Waals surface area (Å²) in [6.45, 7) is 1.58. The summed E-state index contributed by atoms with van der Waals surface area (Å²) in [5, 5.41) is 9.72. The molecule has 4 N–H and O–H groups in total. The molecule has 0 saturated heterocycles. The monoisotopic (exact) mass is 412 g/mol. The Morgan fingerprint density at radius 3 is 2.75 bits per heavy atom. The van der Waals surface area contributed by atoms with Crippen LogP contribution in [0.4, 0.5) is 23.7 Å². The summed E-state index contributed by atoms with van der Waals surface area (Å²) in [6, 6.07) is 1.58. The topological polar surface area (TPSA) is 120 Å². The van der Waals surface area contributed by atoms with Crippen molar-refractivity contribution >= 4 is 51.3 Å². The number of halogens is 3. The molecule has 2 atom stereocenters. The summed E-state index contributed by atoms with van der Waals surface area (Å²) < 4.78 is 39.5. The molecule has 2 aromatic rings. The Labute approximate surface area is 162 Å². The molecule has 2 unspecified atom stereocenters. The Morgan fingerprint density at radius 2 is 2.14 bits per heavy atom. The first-order valence-electron chi connectivity index (χ1n) is 7.97. The van der Waals surface area contributed by atoms with E-state index >= 15 is 0 Å². The van der Waals surface area contributed by atoms with E-state index in [-0.39, 0.29) is 5.84 Å². The number of nitrogens with zero attached hydrogens (tertiary/aromatic N) is 4. The van der Waals surface area contributed by atoms with Gasteiger partial charge in [-0.1, -0.05) is 12.2 Å². The fourth-order valence-corrected chi connectivity index (χ4v) is 2.94. The highest BCUT2D eigenvalue weighted by atomic mass is 32.1. The van der Waals surface area contributed by atoms with Crippen LogP contribution in [0.1, 0.15) is 18.5 Å². The van der Waals surface area contributed by atoms with Crippen LogP contribution >= 0.6 is 12.2 Å². The second-order valence-corrected chi connectivity index (χ2v) is 6.59. The van der Waals surface area contributed by atoms with Crippen molar-refractivity contribution in [2.24, 2.45) is 15.7 Å². The number of aliphatic imine (C=N–C) groups is 2. The fourth-order valence-electron chi connectivity index (χ4n) is 2.72. The number of pyridine rings is 1. The van der Waals surface area contributed by atoms with Crippen molar-refractivity contribution in [3.8, 4) is 0 Å². The first-order valence-corrected chi connectivity index (χ1v) is 8.38. The minimum Gasteiger partial charge on any atom is -0.465 e. The van der Waals surface area contributed by atoms with Crippen molar-refractivity contribution in [2.45, 2.75) is 25.2 Å². The van der Waals surface area contributed by atoms with Crippen LogP contribution in [0.5, 0.6) is 0 Å². The average Bonchev–Trinajstić information content (AvgIpc) is 3.04. The molecule has 12 heteroatoms. The zero-order valence-corrected chi connectivity index (χ0v) is 15.5. The molecular formula is C16H15F3N6O2S. The summed E-state index contributed by atoms with van der Waals surface area (Å²) >= 11 is 4.71. The minimum absolute atomic E-state index is 0.149. The third kappa shape index (κ3) is 3.47. The van der Waals surface area contributed by atoms with Gasteiger partial charge in [0, 0.05) is 18.6 Å². The highest BCUT2D eigenvalue weighted by Crippen LogP contribution is 2.30. The Morgan fingerprint density at radius 1 is 1.46 bits per heavy atom. The number of fused-ring (bicyclic) bond motifs is 1. The van der Waals surface area contributed by atoms with Crippen LogP contribution in [0, 0.1) is 0 Å². The zero-order chi connectivity index (χ0) is 20.8. The maximum absolute atomic E-state index is 13.2. The van der Waals surface area contributed by atoms with Crippen molar-refractivity contribution in [1.29, 1.82) is 0 Å². The van der Waals surface area contributed by atoms with Crippen molar-refractivity contribution < 1.29 is 23.1 Å². The van der Waals surface area contributed by atoms with Gasteiger partial charge in [0.25, 0.3) is 0 Å². The molecule has 1 aliphatic rings. The molecule has 3 rings (SSSR count). The number of alkyl halides is 3. The maximum Gasteiger partial charge on any atom is 0.434 e. The number of hydrogen-bond donors (Lipinski definition) is 3. The second kappa shape index (κ2) is 6.95. The predicted molar refractivity (Wildman–Crippen MR) is 102 cm³/mol. The van der Waals surface area contributed by atoms with Gasteiger partial charge in [0.05, 0.1) is 33.9 Å². The summed E-state index contributed by atoms with van der Waals surface area (Å²) in [5.41, 5.74) is 5.71. The Bertz CT molecular complexity index is 1030. The molecule has 1 aliphatic heterocycles. The number of nitrogens with two attached hydrogens (primary N) is 1. The number of aromatic amines is 1. The molecule has 0 bridgehead atoms. The lowest BCUT2D eigenvalue weighted by atomic mass is 10.0. The number of carbonyl (C=O) groups is 1. The third-order valence-electron chi connectivity index (χ3n) is 4.31. The minimum atomic E-state index is -4.75. The SMILES string of the molecule is CC(C1=NC(N)C(=S)C(C(F)(F)F)=N1)c1cc2c(N(C)C(=O)O)c[nH]c2cn1. The lowest BCUT2D eigenvalue weighted by Crippen LogP contribution is -2.44. The highest BCUT2D eigenvalue weighted by Gasteiger charge is 2.42. The van der Waals surface area contributed by atoms with Crippen molar-refractivity contribution in [2.75, 3.05) is 11.9 Å². The number of aromatic nitrogens is 2. The van der Waals surface area contributed by atoms with E-state index in [1.807, 2.05) is 0 Å². The largest absolute Gasteiger partial charge is 0.465 e. The Balaban J connectivity index is 2.04. The number of amidine groups is 1. The normalized spacial score (nSPS) is 18.6. The summed E-state index contributed by atoms with van der Waals surface area (Å²) in [4.78, 5) is 26.4.